The highest BCUT2D eigenvalue weighted by molar-refractivity contribution is 5.90. The molecule has 21 heteroatoms. The predicted molar refractivity (Wildman–Crippen MR) is 273 cm³/mol. The van der Waals surface area contributed by atoms with Crippen LogP contribution in [0, 0.1) is 5.92 Å². The summed E-state index contributed by atoms with van der Waals surface area (Å²) >= 11 is 0. The maximum absolute atomic E-state index is 14.4. The van der Waals surface area contributed by atoms with Gasteiger partial charge in [0.25, 0.3) is 0 Å². The van der Waals surface area contributed by atoms with Gasteiger partial charge >= 0.3 is 17.9 Å². The Morgan fingerprint density at radius 2 is 1.00 bits per heavy atom. The lowest BCUT2D eigenvalue weighted by atomic mass is 9.89. The van der Waals surface area contributed by atoms with Crippen molar-refractivity contribution in [1.82, 2.24) is 0 Å². The zero-order chi connectivity index (χ0) is 54.1. The van der Waals surface area contributed by atoms with E-state index in [0.717, 1.165) is 11.1 Å². The summed E-state index contributed by atoms with van der Waals surface area (Å²) < 4.78 is 70.8. The molecule has 21 nitrogen and oxygen atoms in total. The first-order chi connectivity index (χ1) is 37.6. The van der Waals surface area contributed by atoms with E-state index in [2.05, 4.69) is 20.1 Å². The second-order valence-corrected chi connectivity index (χ2v) is 18.4. The van der Waals surface area contributed by atoms with Crippen LogP contribution in [0.3, 0.4) is 0 Å². The molecular weight excluding hydrogens is 997 g/mol. The lowest BCUT2D eigenvalue weighted by Crippen LogP contribution is -2.67. The van der Waals surface area contributed by atoms with Crippen molar-refractivity contribution in [3.8, 4) is 0 Å². The SMILES string of the molecule is CCC1OC(OC)[C@H](N=[N+]=[N-])[C@H](OCc2ccccc2)C1O[C@H]1O[C@@H](C(=O)O)[C@@H](OC2OC(COC(=O)c3ccccc3)C(C)[C@H](OCc3ccccc3)[C@H]2N=[N+]=[N-])C(OCc2ccccc2)C1OC(=O)c1ccccc1. The highest BCUT2D eigenvalue weighted by atomic mass is 16.8. The van der Waals surface area contributed by atoms with Crippen LogP contribution in [0.1, 0.15) is 57.7 Å². The van der Waals surface area contributed by atoms with Crippen LogP contribution in [0.2, 0.25) is 0 Å². The first-order valence-corrected chi connectivity index (χ1v) is 25.2. The van der Waals surface area contributed by atoms with Gasteiger partial charge in [-0.25, -0.2) is 14.4 Å². The van der Waals surface area contributed by atoms with Crippen LogP contribution in [0.15, 0.2) is 162 Å². The Balaban J connectivity index is 1.21. The molecule has 77 heavy (non-hydrogen) atoms. The number of rotatable bonds is 23. The van der Waals surface area contributed by atoms with Crippen LogP contribution in [-0.2, 0) is 76.7 Å². The zero-order valence-corrected chi connectivity index (χ0v) is 42.5. The van der Waals surface area contributed by atoms with E-state index in [1.54, 1.807) is 79.7 Å². The fourth-order valence-corrected chi connectivity index (χ4v) is 9.51. The fraction of sp³-hybridized carbons (Fsp3) is 0.411. The van der Waals surface area contributed by atoms with Crippen molar-refractivity contribution in [3.05, 3.63) is 200 Å². The molecule has 5 aromatic carbocycles. The smallest absolute Gasteiger partial charge is 0.338 e. The Morgan fingerprint density at radius 3 is 1.49 bits per heavy atom. The van der Waals surface area contributed by atoms with Gasteiger partial charge in [0, 0.05) is 22.9 Å². The number of aliphatic carboxylic acids is 1. The van der Waals surface area contributed by atoms with Gasteiger partial charge in [0.05, 0.1) is 49.3 Å². The van der Waals surface area contributed by atoms with Gasteiger partial charge < -0.3 is 57.2 Å². The van der Waals surface area contributed by atoms with Gasteiger partial charge in [0.15, 0.2) is 31.1 Å². The van der Waals surface area contributed by atoms with Gasteiger partial charge in [-0.15, -0.1) is 0 Å². The number of hydrogen-bond donors (Lipinski definition) is 1. The summed E-state index contributed by atoms with van der Waals surface area (Å²) in [5.41, 5.74) is 22.6. The van der Waals surface area contributed by atoms with Crippen LogP contribution in [0.5, 0.6) is 0 Å². The Bertz CT molecular complexity index is 2760. The van der Waals surface area contributed by atoms with Gasteiger partial charge in [-0.3, -0.25) is 0 Å². The largest absolute Gasteiger partial charge is 0.479 e. The topological polar surface area (TPSA) is 270 Å². The number of ether oxygens (including phenoxy) is 11. The summed E-state index contributed by atoms with van der Waals surface area (Å²) in [4.78, 5) is 47.9. The number of nitrogens with zero attached hydrogens (tertiary/aromatic N) is 6. The van der Waals surface area contributed by atoms with Gasteiger partial charge in [0.2, 0.25) is 0 Å². The highest BCUT2D eigenvalue weighted by Crippen LogP contribution is 2.39. The van der Waals surface area contributed by atoms with Gasteiger partial charge in [-0.1, -0.05) is 151 Å². The summed E-state index contributed by atoms with van der Waals surface area (Å²) in [5, 5.41) is 19.4. The summed E-state index contributed by atoms with van der Waals surface area (Å²) in [6.45, 7) is 3.14. The molecule has 0 bridgehead atoms. The molecule has 0 amide bonds. The van der Waals surface area contributed by atoms with Crippen molar-refractivity contribution < 1.29 is 71.6 Å². The normalized spacial score (nSPS) is 28.9. The molecule has 1 N–H and O–H groups in total. The third kappa shape index (κ3) is 14.2. The highest BCUT2D eigenvalue weighted by Gasteiger charge is 2.58. The molecule has 3 aliphatic rings. The van der Waals surface area contributed by atoms with E-state index in [-0.39, 0.29) is 44.0 Å². The lowest BCUT2D eigenvalue weighted by Gasteiger charge is -2.50. The van der Waals surface area contributed by atoms with Crippen LogP contribution in [0.4, 0.5) is 0 Å². The van der Waals surface area contributed by atoms with E-state index in [1.165, 1.54) is 19.2 Å². The van der Waals surface area contributed by atoms with E-state index in [9.17, 15) is 30.6 Å². The average Bonchev–Trinajstić information content (AvgIpc) is 3.48. The maximum atomic E-state index is 14.4. The molecule has 3 aliphatic heterocycles. The maximum Gasteiger partial charge on any atom is 0.338 e. The number of carbonyl (C=O) groups excluding carboxylic acids is 2. The average molecular weight is 1060 g/mol. The third-order valence-corrected chi connectivity index (χ3v) is 13.5. The molecule has 8 unspecified atom stereocenters. The van der Waals surface area contributed by atoms with Crippen molar-refractivity contribution in [2.45, 2.75) is 126 Å². The standard InChI is InChI=1S/C56H60N6O15/c1-4-40-45(46(43(60-62-58)54(67-3)72-40)69-31-36-22-12-6-13-23-36)75-56-50(74-53(66)39-28-18-9-19-29-39)47(70-32-37-24-14-7-15-25-37)48(49(77-56)51(63)64)76-55-42(59-61-57)44(68-30-35-20-10-5-11-21-35)34(2)41(73-55)33-71-52(65)38-26-16-8-17-27-38/h5-29,34,40-50,54-56H,4,30-33H2,1-3H3,(H,63,64)/t34?,40?,41?,42-,43-,44+,45?,46+,47?,48+,49-,50?,54?,55?,56+/m1/s1. The molecule has 3 saturated heterocycles. The molecule has 0 saturated carbocycles. The van der Waals surface area contributed by atoms with Crippen molar-refractivity contribution in [2.24, 2.45) is 16.1 Å². The van der Waals surface area contributed by atoms with Crippen molar-refractivity contribution >= 4 is 17.9 Å². The fourth-order valence-electron chi connectivity index (χ4n) is 9.51. The van der Waals surface area contributed by atoms with E-state index in [0.29, 0.717) is 5.56 Å². The number of benzene rings is 5. The third-order valence-electron chi connectivity index (χ3n) is 13.5. The Labute approximate surface area is 444 Å². The van der Waals surface area contributed by atoms with Crippen LogP contribution < -0.4 is 0 Å². The summed E-state index contributed by atoms with van der Waals surface area (Å²) in [5.74, 6) is -3.70. The first-order valence-electron chi connectivity index (χ1n) is 25.2. The Hall–Kier alpha value is -7.23. The molecular formula is C56H60N6O15. The molecule has 3 heterocycles. The number of carbonyl (C=O) groups is 3. The van der Waals surface area contributed by atoms with E-state index in [4.69, 9.17) is 52.1 Å². The van der Waals surface area contributed by atoms with Crippen LogP contribution in [-0.4, -0.2) is 123 Å². The second kappa shape index (κ2) is 27.7. The summed E-state index contributed by atoms with van der Waals surface area (Å²) in [7, 11) is 1.39. The number of azide groups is 2. The Morgan fingerprint density at radius 1 is 0.545 bits per heavy atom. The molecule has 0 aromatic heterocycles. The van der Waals surface area contributed by atoms with Crippen LogP contribution >= 0.6 is 0 Å². The lowest BCUT2D eigenvalue weighted by molar-refractivity contribution is -0.364. The predicted octanol–water partition coefficient (Wildman–Crippen LogP) is 8.91. The first kappa shape index (κ1) is 56.0. The summed E-state index contributed by atoms with van der Waals surface area (Å²) in [6, 6.07) is 41.3. The molecule has 3 fully saturated rings. The van der Waals surface area contributed by atoms with E-state index >= 15 is 0 Å². The molecule has 0 spiro atoms. The van der Waals surface area contributed by atoms with E-state index < -0.39 is 110 Å². The van der Waals surface area contributed by atoms with Crippen molar-refractivity contribution in [1.29, 1.82) is 0 Å². The molecule has 5 aromatic rings. The number of carboxylic acid groups (broad SMARTS) is 1. The zero-order valence-electron chi connectivity index (χ0n) is 42.5. The quantitative estimate of drug-likeness (QED) is 0.0277. The molecule has 0 radical (unpaired) electrons. The number of hydrogen-bond acceptors (Lipinski definition) is 16. The molecule has 404 valence electrons. The van der Waals surface area contributed by atoms with Crippen molar-refractivity contribution in [2.75, 3.05) is 13.7 Å². The van der Waals surface area contributed by atoms with Crippen LogP contribution in [0.25, 0.3) is 20.9 Å². The minimum atomic E-state index is -2.01. The second-order valence-electron chi connectivity index (χ2n) is 18.4. The molecule has 0 aliphatic carbocycles. The summed E-state index contributed by atoms with van der Waals surface area (Å²) in [6.07, 6.45) is -16.5. The van der Waals surface area contributed by atoms with Gasteiger partial charge in [-0.05, 0) is 58.4 Å². The van der Waals surface area contributed by atoms with Gasteiger partial charge in [-0.2, -0.15) is 0 Å². The number of carboxylic acids is 1. The van der Waals surface area contributed by atoms with E-state index in [1.807, 2.05) is 73.7 Å². The number of methoxy groups -OCH3 is 1. The number of esters is 2. The minimum absolute atomic E-state index is 0.0129. The molecule has 8 rings (SSSR count). The van der Waals surface area contributed by atoms with Crippen molar-refractivity contribution in [3.63, 3.8) is 0 Å². The molecule has 15 atom stereocenters. The van der Waals surface area contributed by atoms with Gasteiger partial charge in [0.1, 0.15) is 43.1 Å². The Kier molecular flexibility index (Phi) is 20.1. The minimum Gasteiger partial charge on any atom is -0.479 e. The monoisotopic (exact) mass is 1060 g/mol.